The van der Waals surface area contributed by atoms with Gasteiger partial charge in [-0.1, -0.05) is 394 Å². The predicted octanol–water partition coefficient (Wildman–Crippen LogP) is 29.8. The molecule has 0 saturated carbocycles. The smallest absolute Gasteiger partial charge is 0.399 e. The van der Waals surface area contributed by atoms with Gasteiger partial charge in [-0.3, -0.25) is 0 Å². The molecule has 1 aliphatic heterocycles. The van der Waals surface area contributed by atoms with Crippen LogP contribution >= 0.6 is 31.9 Å². The van der Waals surface area contributed by atoms with E-state index < -0.39 is 10.8 Å². The highest BCUT2D eigenvalue weighted by molar-refractivity contribution is 9.11. The Morgan fingerprint density at radius 2 is 0.400 bits per heavy atom. The lowest BCUT2D eigenvalue weighted by Gasteiger charge is -2.32. The normalized spacial score (nSPS) is 14.9. The van der Waals surface area contributed by atoms with E-state index in [4.69, 9.17) is 29.2 Å². The van der Waals surface area contributed by atoms with Crippen LogP contribution in [-0.2, 0) is 25.6 Å². The molecular weight excluding hydrogens is 1710 g/mol. The highest BCUT2D eigenvalue weighted by Gasteiger charge is 2.57. The Hall–Kier alpha value is -14.4. The Labute approximate surface area is 773 Å². The molecule has 0 radical (unpaired) electrons. The van der Waals surface area contributed by atoms with E-state index in [-0.39, 0.29) is 23.7 Å². The molecule has 20 aromatic rings. The van der Waals surface area contributed by atoms with Crippen LogP contribution in [0.1, 0.15) is 94.5 Å². The van der Waals surface area contributed by atoms with Crippen molar-refractivity contribution in [2.45, 2.75) is 55.1 Å². The van der Waals surface area contributed by atoms with Gasteiger partial charge in [-0.05, 0) is 234 Å². The van der Waals surface area contributed by atoms with Gasteiger partial charge in [-0.25, -0.2) is 19.9 Å². The molecule has 0 atom stereocenters. The van der Waals surface area contributed by atoms with Gasteiger partial charge in [-0.15, -0.1) is 0 Å². The van der Waals surface area contributed by atoms with Crippen LogP contribution in [0.3, 0.4) is 0 Å². The molecule has 7 aliphatic rings. The number of rotatable bonds is 7. The second-order valence-corrected chi connectivity index (χ2v) is 37.7. The lowest BCUT2D eigenvalue weighted by molar-refractivity contribution is 0.00578. The van der Waals surface area contributed by atoms with E-state index in [0.29, 0.717) is 0 Å². The van der Waals surface area contributed by atoms with Gasteiger partial charge in [0.25, 0.3) is 0 Å². The van der Waals surface area contributed by atoms with E-state index in [1.807, 2.05) is 48.5 Å². The molecule has 130 heavy (non-hydrogen) atoms. The van der Waals surface area contributed by atoms with E-state index >= 15 is 0 Å². The minimum Gasteiger partial charge on any atom is -0.399 e. The van der Waals surface area contributed by atoms with Crippen LogP contribution in [-0.4, -0.2) is 38.3 Å². The first-order valence-electron chi connectivity index (χ1n) is 44.7. The number of fused-ring (bicyclic) bond motifs is 32. The number of benzene rings is 18. The molecule has 614 valence electrons. The van der Waals surface area contributed by atoms with Crippen LogP contribution in [0.4, 0.5) is 0 Å². The first kappa shape index (κ1) is 77.9. The fraction of sp³-hybridized carbons (Fsp3) is 0.0744. The van der Waals surface area contributed by atoms with Crippen LogP contribution in [0.2, 0.25) is 0 Å². The zero-order valence-corrected chi connectivity index (χ0v) is 74.9. The van der Waals surface area contributed by atoms with Crippen LogP contribution in [0.15, 0.2) is 428 Å². The van der Waals surface area contributed by atoms with E-state index in [1.165, 1.54) is 134 Å². The number of hydrogen-bond acceptors (Lipinski definition) is 6. The molecule has 0 N–H and O–H groups in total. The van der Waals surface area contributed by atoms with Crippen molar-refractivity contribution in [3.8, 4) is 134 Å². The summed E-state index contributed by atoms with van der Waals surface area (Å²) in [4.78, 5) is 21.6. The predicted molar refractivity (Wildman–Crippen MR) is 538 cm³/mol. The third-order valence-corrected chi connectivity index (χ3v) is 30.2. The van der Waals surface area contributed by atoms with E-state index in [0.717, 1.165) is 104 Å². The zero-order chi connectivity index (χ0) is 86.9. The number of nitrogens with zero attached hydrogens (tertiary/aromatic N) is 4. The molecule has 9 heteroatoms. The summed E-state index contributed by atoms with van der Waals surface area (Å²) in [7, 11) is -0.386. The highest BCUT2D eigenvalue weighted by atomic mass is 79.9. The van der Waals surface area contributed by atoms with E-state index in [2.05, 4.69) is 430 Å². The first-order chi connectivity index (χ1) is 63.8. The maximum Gasteiger partial charge on any atom is 0.494 e. The Morgan fingerprint density at radius 3 is 0.662 bits per heavy atom. The van der Waals surface area contributed by atoms with Gasteiger partial charge >= 0.3 is 7.12 Å². The molecule has 0 amide bonds. The minimum atomic E-state index is -0.471. The lowest BCUT2D eigenvalue weighted by atomic mass is 9.68. The summed E-state index contributed by atoms with van der Waals surface area (Å²) in [5.41, 5.74) is 46.0. The van der Waals surface area contributed by atoms with Crippen molar-refractivity contribution >= 4 is 66.5 Å². The number of hydrogen-bond donors (Lipinski definition) is 0. The lowest BCUT2D eigenvalue weighted by Crippen LogP contribution is -2.41. The molecule has 0 bridgehead atoms. The summed E-state index contributed by atoms with van der Waals surface area (Å²) in [6, 6.07) is 152. The summed E-state index contributed by atoms with van der Waals surface area (Å²) in [5.74, 6) is 0. The van der Waals surface area contributed by atoms with Crippen molar-refractivity contribution in [2.75, 3.05) is 0 Å². The monoisotopic (exact) mass is 1790 g/mol. The van der Waals surface area contributed by atoms with Gasteiger partial charge in [0.2, 0.25) is 0 Å². The van der Waals surface area contributed by atoms with Crippen molar-refractivity contribution in [3.63, 3.8) is 0 Å². The maximum absolute atomic E-state index is 6.45. The fourth-order valence-electron chi connectivity index (χ4n) is 22.6. The van der Waals surface area contributed by atoms with Gasteiger partial charge < -0.3 is 9.31 Å². The fourth-order valence-corrected chi connectivity index (χ4v) is 23.4. The van der Waals surface area contributed by atoms with Crippen LogP contribution < -0.4 is 5.46 Å². The van der Waals surface area contributed by atoms with Crippen LogP contribution in [0, 0.1) is 0 Å². The quantitative estimate of drug-likeness (QED) is 0.148. The summed E-state index contributed by atoms with van der Waals surface area (Å²) < 4.78 is 14.8. The van der Waals surface area contributed by atoms with Gasteiger partial charge in [0.1, 0.15) is 11.0 Å². The number of halogens is 2. The van der Waals surface area contributed by atoms with Crippen molar-refractivity contribution in [2.24, 2.45) is 0 Å². The van der Waals surface area contributed by atoms with Crippen LogP contribution in [0.5, 0.6) is 0 Å². The average Bonchev–Trinajstić information content (AvgIpc) is 1.52. The molecular formula is C121H81BBr2N4O2. The second-order valence-electron chi connectivity index (χ2n) is 36.0. The zero-order valence-electron chi connectivity index (χ0n) is 71.8. The SMILES string of the molecule is Brc1ccc(Br)c2nc(-c3ccccc3)c(-c3ccccc3)nc12.CC1(C)OB(c2ccc3c(c2)C2(c4ccccc4-c4ccccc42)c2ccccc2-3)OC1(C)C.c1ccc(-c2nc3c(-c4ccc5c(c4)C4(c6ccccc6-c6ccccc64)c4ccccc4-5)ccc(-c4ccc5c(c4)C4(c6ccccc6-c6ccccc64)c4ccccc4-5)c3nc2-c2ccccc2)cc1. The van der Waals surface area contributed by atoms with Gasteiger partial charge in [0, 0.05) is 42.3 Å². The molecule has 1 fully saturated rings. The third kappa shape index (κ3) is 11.3. The van der Waals surface area contributed by atoms with E-state index in [1.54, 1.807) is 0 Å². The molecule has 3 spiro atoms. The first-order valence-corrected chi connectivity index (χ1v) is 46.3. The summed E-state index contributed by atoms with van der Waals surface area (Å²) in [5, 5.41) is 0. The molecule has 2 aromatic heterocycles. The second kappa shape index (κ2) is 29.8. The largest absolute Gasteiger partial charge is 0.494 e. The van der Waals surface area contributed by atoms with Crippen molar-refractivity contribution in [3.05, 3.63) is 494 Å². The summed E-state index contributed by atoms with van der Waals surface area (Å²) in [6.45, 7) is 8.45. The topological polar surface area (TPSA) is 70.0 Å². The van der Waals surface area contributed by atoms with Gasteiger partial charge in [0.05, 0.1) is 61.3 Å². The Morgan fingerprint density at radius 1 is 0.192 bits per heavy atom. The maximum atomic E-state index is 6.45. The number of aromatic nitrogens is 4. The Kier molecular flexibility index (Phi) is 17.9. The summed E-state index contributed by atoms with van der Waals surface area (Å²) in [6.07, 6.45) is 0. The Balaban J connectivity index is 0.000000129. The molecule has 0 unspecified atom stereocenters. The van der Waals surface area contributed by atoms with E-state index in [9.17, 15) is 0 Å². The summed E-state index contributed by atoms with van der Waals surface area (Å²) >= 11 is 7.19. The van der Waals surface area contributed by atoms with Gasteiger partial charge in [0.15, 0.2) is 0 Å². The van der Waals surface area contributed by atoms with Gasteiger partial charge in [-0.2, -0.15) is 0 Å². The van der Waals surface area contributed by atoms with Crippen LogP contribution in [0.25, 0.3) is 156 Å². The van der Waals surface area contributed by atoms with Crippen molar-refractivity contribution < 1.29 is 9.31 Å². The Bertz CT molecular complexity index is 7550. The third-order valence-electron chi connectivity index (χ3n) is 28.9. The molecule has 6 nitrogen and oxygen atoms in total. The molecule has 3 heterocycles. The molecule has 6 aliphatic carbocycles. The average molecular weight is 1790 g/mol. The molecule has 18 aromatic carbocycles. The van der Waals surface area contributed by atoms with Crippen molar-refractivity contribution in [1.29, 1.82) is 0 Å². The standard InChI is InChI=1S/C70H42N2.C31H27BO2.C20H12Br2N2/c1-3-19-43(20-4-1)65-66(44-21-5-2-6-22-44)72-68-48(46-36-38-56-54-28-12-18-34-62(54)70(64(56)42-46)59-31-15-9-25-51(59)52-26-10-16-32-60(52)70)40-39-47(67(68)71-65)45-35-37-55-53-27-11-17-33-61(53)69(63(55)41-45)57-29-13-7-23-49(57)50-24-8-14-30-58(50)69;1-29(2)30(3,4)34-32(33-29)20-17-18-24-23-13-7-10-16-27(23)31(28(24)19-20)25-14-8-5-11-21(25)22-12-6-9-15-26(22)31;21-15-11-12-16(22)20-19(15)23-17(13-7-3-1-4-8-13)18(24-20)14-9-5-2-6-10-14/h1-42H;5-19H,1-4H3;1-12H. The highest BCUT2D eigenvalue weighted by Crippen LogP contribution is 2.67. The molecule has 27 rings (SSSR count). The minimum absolute atomic E-state index is 0.335. The van der Waals surface area contributed by atoms with Crippen molar-refractivity contribution in [1.82, 2.24) is 19.9 Å². The molecule has 1 saturated heterocycles.